The molecule has 0 aliphatic carbocycles. The number of hydrogen-bond donors (Lipinski definition) is 2. The molecule has 4 nitrogen and oxygen atoms in total. The van der Waals surface area contributed by atoms with E-state index < -0.39 is 12.1 Å². The number of carboxylic acid groups (broad SMARTS) is 1. The number of hydrogen-bond acceptors (Lipinski definition) is 3. The maximum absolute atomic E-state index is 10.5. The van der Waals surface area contributed by atoms with E-state index >= 15 is 0 Å². The summed E-state index contributed by atoms with van der Waals surface area (Å²) in [5.41, 5.74) is 0. The van der Waals surface area contributed by atoms with Gasteiger partial charge in [0.25, 0.3) is 0 Å². The van der Waals surface area contributed by atoms with Gasteiger partial charge < -0.3 is 20.1 Å². The van der Waals surface area contributed by atoms with Crippen LogP contribution >= 0.6 is 0 Å². The predicted octanol–water partition coefficient (Wildman–Crippen LogP) is -0.792. The fraction of sp³-hybridized carbons (Fsp3) is 0.917. The molecule has 19 heavy (non-hydrogen) atoms. The number of nitrogens with one attached hydrogen (secondary N) is 2. The molecule has 7 heteroatoms. The van der Waals surface area contributed by atoms with Crippen molar-refractivity contribution in [2.75, 3.05) is 26.2 Å². The molecule has 0 radical (unpaired) electrons. The van der Waals surface area contributed by atoms with E-state index in [4.69, 9.17) is 9.90 Å². The molecular formula is C12H23F3N2O2. The van der Waals surface area contributed by atoms with Crippen molar-refractivity contribution in [2.45, 2.75) is 39.4 Å². The predicted molar refractivity (Wildman–Crippen MR) is 63.5 cm³/mol. The van der Waals surface area contributed by atoms with Crippen molar-refractivity contribution in [2.24, 2.45) is 5.92 Å². The van der Waals surface area contributed by atoms with Crippen molar-refractivity contribution in [3.8, 4) is 0 Å². The molecule has 2 N–H and O–H groups in total. The summed E-state index contributed by atoms with van der Waals surface area (Å²) in [5.74, 6) is -2.19. The SMILES string of the molecule is CC(C)C(C)[NH+]1CCCNCC1.O=C([O-])C(F)(F)F. The zero-order chi connectivity index (χ0) is 15.1. The lowest BCUT2D eigenvalue weighted by molar-refractivity contribution is -0.924. The van der Waals surface area contributed by atoms with Gasteiger partial charge in [-0.2, -0.15) is 13.2 Å². The van der Waals surface area contributed by atoms with E-state index in [1.54, 1.807) is 4.90 Å². The maximum Gasteiger partial charge on any atom is 0.430 e. The maximum atomic E-state index is 10.5. The number of rotatable bonds is 2. The van der Waals surface area contributed by atoms with Crippen LogP contribution in [0.4, 0.5) is 13.2 Å². The lowest BCUT2D eigenvalue weighted by Gasteiger charge is -2.27. The molecule has 0 aromatic heterocycles. The lowest BCUT2D eigenvalue weighted by atomic mass is 10.0. The van der Waals surface area contributed by atoms with E-state index in [-0.39, 0.29) is 0 Å². The average molecular weight is 284 g/mol. The van der Waals surface area contributed by atoms with Gasteiger partial charge in [0.2, 0.25) is 0 Å². The van der Waals surface area contributed by atoms with Gasteiger partial charge in [0, 0.05) is 25.4 Å². The molecule has 1 rings (SSSR count). The van der Waals surface area contributed by atoms with Crippen molar-refractivity contribution < 1.29 is 28.0 Å². The zero-order valence-corrected chi connectivity index (χ0v) is 11.6. The van der Waals surface area contributed by atoms with Gasteiger partial charge in [-0.15, -0.1) is 0 Å². The third kappa shape index (κ3) is 8.05. The molecule has 0 saturated carbocycles. The molecule has 2 unspecified atom stereocenters. The van der Waals surface area contributed by atoms with E-state index in [9.17, 15) is 13.2 Å². The van der Waals surface area contributed by atoms with Crippen LogP contribution in [0.5, 0.6) is 0 Å². The summed E-state index contributed by atoms with van der Waals surface area (Å²) < 4.78 is 31.5. The molecule has 2 atom stereocenters. The van der Waals surface area contributed by atoms with Gasteiger partial charge >= 0.3 is 6.18 Å². The lowest BCUT2D eigenvalue weighted by Crippen LogP contribution is -3.16. The van der Waals surface area contributed by atoms with E-state index in [0.717, 1.165) is 12.0 Å². The minimum Gasteiger partial charge on any atom is -0.542 e. The second-order valence-electron chi connectivity index (χ2n) is 5.08. The van der Waals surface area contributed by atoms with Gasteiger partial charge in [0.1, 0.15) is 5.97 Å². The van der Waals surface area contributed by atoms with Crippen molar-refractivity contribution in [1.29, 1.82) is 0 Å². The van der Waals surface area contributed by atoms with E-state index in [1.165, 1.54) is 32.6 Å². The van der Waals surface area contributed by atoms with Crippen LogP contribution in [0.15, 0.2) is 0 Å². The van der Waals surface area contributed by atoms with Crippen LogP contribution in [0.3, 0.4) is 0 Å². The first-order chi connectivity index (χ1) is 8.66. The van der Waals surface area contributed by atoms with Gasteiger partial charge in [0.05, 0.1) is 19.1 Å². The highest BCUT2D eigenvalue weighted by Gasteiger charge is 2.28. The Morgan fingerprint density at radius 1 is 1.21 bits per heavy atom. The molecule has 1 fully saturated rings. The first kappa shape index (κ1) is 18.2. The fourth-order valence-electron chi connectivity index (χ4n) is 1.87. The van der Waals surface area contributed by atoms with Crippen molar-refractivity contribution in [3.63, 3.8) is 0 Å². The summed E-state index contributed by atoms with van der Waals surface area (Å²) in [6, 6.07) is 0.824. The largest absolute Gasteiger partial charge is 0.542 e. The Morgan fingerprint density at radius 2 is 1.74 bits per heavy atom. The number of carboxylic acids is 1. The van der Waals surface area contributed by atoms with Crippen LogP contribution < -0.4 is 15.3 Å². The number of aliphatic carboxylic acids is 1. The van der Waals surface area contributed by atoms with Crippen molar-refractivity contribution >= 4 is 5.97 Å². The third-order valence-electron chi connectivity index (χ3n) is 3.35. The number of carbonyl (C=O) groups excluding carboxylic acids is 1. The van der Waals surface area contributed by atoms with Crippen molar-refractivity contribution in [3.05, 3.63) is 0 Å². The second kappa shape index (κ2) is 8.37. The molecule has 0 aromatic carbocycles. The van der Waals surface area contributed by atoms with Gasteiger partial charge in [-0.05, 0) is 6.92 Å². The Labute approximate surface area is 112 Å². The molecule has 0 aromatic rings. The molecule has 1 aliphatic heterocycles. The molecule has 0 amide bonds. The Kier molecular flexibility index (Phi) is 8.01. The highest BCUT2D eigenvalue weighted by Crippen LogP contribution is 2.11. The van der Waals surface area contributed by atoms with Crippen LogP contribution in [0.1, 0.15) is 27.2 Å². The quantitative estimate of drug-likeness (QED) is 0.698. The molecule has 0 spiro atoms. The first-order valence-corrected chi connectivity index (χ1v) is 6.49. The van der Waals surface area contributed by atoms with Gasteiger partial charge in [0.15, 0.2) is 0 Å². The standard InChI is InChI=1S/C10H22N2.C2HF3O2/c1-9(2)10(3)12-7-4-5-11-6-8-12;3-2(4,5)1(6)7/h9-11H,4-8H2,1-3H3;(H,6,7). The van der Waals surface area contributed by atoms with Crippen LogP contribution in [0.2, 0.25) is 0 Å². The normalized spacial score (nSPS) is 22.2. The van der Waals surface area contributed by atoms with Crippen LogP contribution in [-0.2, 0) is 4.79 Å². The fourth-order valence-corrected chi connectivity index (χ4v) is 1.87. The minimum absolute atomic E-state index is 0.818. The average Bonchev–Trinajstić information content (AvgIpc) is 2.55. The summed E-state index contributed by atoms with van der Waals surface area (Å²) in [5, 5.41) is 12.2. The Hall–Kier alpha value is -0.820. The summed E-state index contributed by atoms with van der Waals surface area (Å²) >= 11 is 0. The third-order valence-corrected chi connectivity index (χ3v) is 3.35. The Morgan fingerprint density at radius 3 is 2.16 bits per heavy atom. The first-order valence-electron chi connectivity index (χ1n) is 6.49. The number of carbonyl (C=O) groups is 1. The van der Waals surface area contributed by atoms with Crippen LogP contribution in [0, 0.1) is 5.92 Å². The highest BCUT2D eigenvalue weighted by molar-refractivity contribution is 5.70. The summed E-state index contributed by atoms with van der Waals surface area (Å²) in [4.78, 5) is 10.6. The van der Waals surface area contributed by atoms with Crippen LogP contribution in [0.25, 0.3) is 0 Å². The topological polar surface area (TPSA) is 56.6 Å². The van der Waals surface area contributed by atoms with E-state index in [2.05, 4.69) is 26.1 Å². The molecule has 1 aliphatic rings. The Bertz CT molecular complexity index is 262. The zero-order valence-electron chi connectivity index (χ0n) is 11.6. The summed E-state index contributed by atoms with van der Waals surface area (Å²) in [7, 11) is 0. The minimum atomic E-state index is -5.19. The number of halogens is 3. The number of quaternary nitrogens is 1. The van der Waals surface area contributed by atoms with Crippen LogP contribution in [-0.4, -0.2) is 44.4 Å². The monoisotopic (exact) mass is 284 g/mol. The molecule has 114 valence electrons. The molecule has 1 heterocycles. The summed E-state index contributed by atoms with van der Waals surface area (Å²) in [6.45, 7) is 12.1. The Balaban J connectivity index is 0.000000399. The molecule has 1 saturated heterocycles. The van der Waals surface area contributed by atoms with Gasteiger partial charge in [-0.25, -0.2) is 0 Å². The van der Waals surface area contributed by atoms with E-state index in [1.807, 2.05) is 0 Å². The second-order valence-corrected chi connectivity index (χ2v) is 5.08. The summed E-state index contributed by atoms with van der Waals surface area (Å²) in [6.07, 6.45) is -3.85. The van der Waals surface area contributed by atoms with Crippen molar-refractivity contribution in [1.82, 2.24) is 5.32 Å². The number of alkyl halides is 3. The van der Waals surface area contributed by atoms with E-state index in [0.29, 0.717) is 0 Å². The smallest absolute Gasteiger partial charge is 0.430 e. The van der Waals surface area contributed by atoms with Gasteiger partial charge in [-0.3, -0.25) is 0 Å². The molecular weight excluding hydrogens is 261 g/mol. The van der Waals surface area contributed by atoms with Gasteiger partial charge in [-0.1, -0.05) is 13.8 Å². The molecule has 0 bridgehead atoms. The highest BCUT2D eigenvalue weighted by atomic mass is 19.4.